The zero-order chi connectivity index (χ0) is 41.0. The number of esters is 2. The molecule has 0 heterocycles. The second-order valence-corrected chi connectivity index (χ2v) is 15.7. The molecule has 0 N–H and O–H groups in total. The standard InChI is InChI=1S/C48H50O8S2/c1-3-5-7-9-11-32-53-39-24-16-37(17-25-39)47(51)57-43-28-20-35(21-29-43)45(49)55-41-14-13-15-42(34-41)56-46(50)36-22-30-44(31-23-36)58-48(52)38-18-26-40(27-19-38)54-33-12-10-8-6-4-2/h13-31,34H,3-12,32-33H2,1-2H3. The van der Waals surface area contributed by atoms with Crippen molar-refractivity contribution >= 4 is 45.7 Å². The predicted octanol–water partition coefficient (Wildman–Crippen LogP) is 12.7. The van der Waals surface area contributed by atoms with E-state index < -0.39 is 11.9 Å². The van der Waals surface area contributed by atoms with Crippen LogP contribution in [0.2, 0.25) is 0 Å². The SMILES string of the molecule is CCCCCCCOc1ccc(C(=O)Sc2ccc(C(=O)Oc3cccc(OC(=O)c4ccc(SC(=O)c5ccc(OCCCCCCC)cc5)cc4)c3)cc2)cc1. The van der Waals surface area contributed by atoms with E-state index >= 15 is 0 Å². The van der Waals surface area contributed by atoms with Gasteiger partial charge in [0.15, 0.2) is 0 Å². The van der Waals surface area contributed by atoms with Crippen LogP contribution in [0.5, 0.6) is 23.0 Å². The number of benzene rings is 5. The summed E-state index contributed by atoms with van der Waals surface area (Å²) in [5, 5.41) is -0.242. The van der Waals surface area contributed by atoms with Crippen LogP contribution in [0.3, 0.4) is 0 Å². The number of hydrogen-bond acceptors (Lipinski definition) is 10. The summed E-state index contributed by atoms with van der Waals surface area (Å²) in [5.74, 6) is 0.664. The first kappa shape index (κ1) is 43.8. The van der Waals surface area contributed by atoms with Crippen molar-refractivity contribution in [2.24, 2.45) is 0 Å². The van der Waals surface area contributed by atoms with E-state index in [0.717, 1.165) is 60.7 Å². The topological polar surface area (TPSA) is 105 Å². The number of ether oxygens (including phenoxy) is 4. The average molecular weight is 819 g/mol. The first-order valence-corrected chi connectivity index (χ1v) is 21.6. The number of unbranched alkanes of at least 4 members (excludes halogenated alkanes) is 8. The van der Waals surface area contributed by atoms with Crippen LogP contribution < -0.4 is 18.9 Å². The number of thioether (sulfide) groups is 2. The molecule has 0 saturated heterocycles. The minimum atomic E-state index is -0.604. The Morgan fingerprint density at radius 1 is 0.414 bits per heavy atom. The van der Waals surface area contributed by atoms with Crippen LogP contribution in [0.15, 0.2) is 131 Å². The molecule has 0 aromatic heterocycles. The van der Waals surface area contributed by atoms with E-state index in [0.29, 0.717) is 45.3 Å². The molecule has 0 fully saturated rings. The van der Waals surface area contributed by atoms with Gasteiger partial charge in [0.2, 0.25) is 10.2 Å². The second kappa shape index (κ2) is 23.8. The van der Waals surface area contributed by atoms with E-state index in [1.807, 2.05) is 24.3 Å². The molecule has 5 aromatic carbocycles. The molecule has 302 valence electrons. The first-order chi connectivity index (χ1) is 28.3. The van der Waals surface area contributed by atoms with Crippen LogP contribution in [0.1, 0.15) is 119 Å². The Balaban J connectivity index is 1.05. The molecule has 0 amide bonds. The quantitative estimate of drug-likeness (QED) is 0.0290. The Morgan fingerprint density at radius 3 is 1.16 bits per heavy atom. The highest BCUT2D eigenvalue weighted by atomic mass is 32.2. The van der Waals surface area contributed by atoms with Gasteiger partial charge in [0.1, 0.15) is 23.0 Å². The lowest BCUT2D eigenvalue weighted by Crippen LogP contribution is -2.10. The molecule has 5 aromatic rings. The summed E-state index contributed by atoms with van der Waals surface area (Å²) in [4.78, 5) is 53.0. The summed E-state index contributed by atoms with van der Waals surface area (Å²) < 4.78 is 22.7. The average Bonchev–Trinajstić information content (AvgIpc) is 3.24. The summed E-state index contributed by atoms with van der Waals surface area (Å²) in [6.07, 6.45) is 11.7. The van der Waals surface area contributed by atoms with Crippen molar-refractivity contribution in [2.45, 2.75) is 87.8 Å². The number of carbonyl (C=O) groups is 4. The molecule has 8 nitrogen and oxygen atoms in total. The third-order valence-electron chi connectivity index (χ3n) is 9.04. The fourth-order valence-corrected chi connectivity index (χ4v) is 7.23. The van der Waals surface area contributed by atoms with Crippen molar-refractivity contribution in [1.29, 1.82) is 0 Å². The van der Waals surface area contributed by atoms with Crippen LogP contribution in [0.25, 0.3) is 0 Å². The molecule has 0 radical (unpaired) electrons. The highest BCUT2D eigenvalue weighted by molar-refractivity contribution is 8.14. The van der Waals surface area contributed by atoms with Crippen LogP contribution in [0, 0.1) is 0 Å². The van der Waals surface area contributed by atoms with E-state index in [1.54, 1.807) is 91.0 Å². The van der Waals surface area contributed by atoms with E-state index in [2.05, 4.69) is 13.8 Å². The zero-order valence-corrected chi connectivity index (χ0v) is 34.7. The fraction of sp³-hybridized carbons (Fsp3) is 0.292. The van der Waals surface area contributed by atoms with Crippen molar-refractivity contribution in [3.05, 3.63) is 144 Å². The van der Waals surface area contributed by atoms with Crippen LogP contribution in [0.4, 0.5) is 0 Å². The number of rotatable bonds is 22. The molecule has 5 rings (SSSR count). The Morgan fingerprint density at radius 2 is 0.776 bits per heavy atom. The fourth-order valence-electron chi connectivity index (χ4n) is 5.75. The van der Waals surface area contributed by atoms with Crippen LogP contribution in [-0.4, -0.2) is 35.4 Å². The van der Waals surface area contributed by atoms with Gasteiger partial charge in [0.25, 0.3) is 0 Å². The Bertz CT molecular complexity index is 1920. The van der Waals surface area contributed by atoms with Crippen molar-refractivity contribution in [3.63, 3.8) is 0 Å². The van der Waals surface area contributed by atoms with Crippen molar-refractivity contribution in [2.75, 3.05) is 13.2 Å². The Hall–Kier alpha value is -5.32. The minimum Gasteiger partial charge on any atom is -0.494 e. The van der Waals surface area contributed by atoms with E-state index in [4.69, 9.17) is 18.9 Å². The maximum absolute atomic E-state index is 12.9. The van der Waals surface area contributed by atoms with Gasteiger partial charge in [-0.3, -0.25) is 9.59 Å². The molecule has 0 saturated carbocycles. The third kappa shape index (κ3) is 14.6. The first-order valence-electron chi connectivity index (χ1n) is 20.0. The van der Waals surface area contributed by atoms with Gasteiger partial charge in [-0.2, -0.15) is 0 Å². The smallest absolute Gasteiger partial charge is 0.343 e. The predicted molar refractivity (Wildman–Crippen MR) is 231 cm³/mol. The van der Waals surface area contributed by atoms with Crippen molar-refractivity contribution in [1.82, 2.24) is 0 Å². The van der Waals surface area contributed by atoms with E-state index in [-0.39, 0.29) is 21.7 Å². The monoisotopic (exact) mass is 818 g/mol. The largest absolute Gasteiger partial charge is 0.494 e. The summed E-state index contributed by atoms with van der Waals surface area (Å²) in [5.41, 5.74) is 1.70. The van der Waals surface area contributed by atoms with Gasteiger partial charge in [-0.25, -0.2) is 9.59 Å². The molecule has 0 aliphatic rings. The Labute approximate surface area is 350 Å². The molecule has 0 spiro atoms. The molecule has 0 aliphatic carbocycles. The van der Waals surface area contributed by atoms with Crippen molar-refractivity contribution < 1.29 is 38.1 Å². The Kier molecular flexibility index (Phi) is 18.0. The molecule has 0 unspecified atom stereocenters. The van der Waals surface area contributed by atoms with E-state index in [9.17, 15) is 19.2 Å². The van der Waals surface area contributed by atoms with Gasteiger partial charge in [0, 0.05) is 27.0 Å². The third-order valence-corrected chi connectivity index (χ3v) is 10.9. The molecule has 0 bridgehead atoms. The van der Waals surface area contributed by atoms with E-state index in [1.165, 1.54) is 44.6 Å². The molecule has 10 heteroatoms. The summed E-state index contributed by atoms with van der Waals surface area (Å²) in [6.45, 7) is 5.71. The zero-order valence-electron chi connectivity index (χ0n) is 33.1. The summed E-state index contributed by atoms with van der Waals surface area (Å²) >= 11 is 2.14. The maximum atomic E-state index is 12.9. The maximum Gasteiger partial charge on any atom is 0.343 e. The van der Waals surface area contributed by atoms with Gasteiger partial charge in [0.05, 0.1) is 24.3 Å². The van der Waals surface area contributed by atoms with Gasteiger partial charge in [-0.05, 0) is 146 Å². The van der Waals surface area contributed by atoms with Gasteiger partial charge < -0.3 is 18.9 Å². The minimum absolute atomic E-state index is 0.121. The van der Waals surface area contributed by atoms with Gasteiger partial charge >= 0.3 is 11.9 Å². The van der Waals surface area contributed by atoms with Gasteiger partial charge in [-0.15, -0.1) is 0 Å². The molecule has 58 heavy (non-hydrogen) atoms. The summed E-state index contributed by atoms with van der Waals surface area (Å²) in [7, 11) is 0. The second-order valence-electron chi connectivity index (χ2n) is 13.7. The molecule has 0 aliphatic heterocycles. The lowest BCUT2D eigenvalue weighted by molar-refractivity contribution is 0.0732. The molecule has 0 atom stereocenters. The molecular formula is C48H50O8S2. The van der Waals surface area contributed by atoms with Crippen LogP contribution >= 0.6 is 23.5 Å². The highest BCUT2D eigenvalue weighted by Gasteiger charge is 2.15. The van der Waals surface area contributed by atoms with Crippen LogP contribution in [-0.2, 0) is 0 Å². The van der Waals surface area contributed by atoms with Gasteiger partial charge in [-0.1, -0.05) is 71.3 Å². The normalized spacial score (nSPS) is 10.8. The lowest BCUT2D eigenvalue weighted by Gasteiger charge is -2.09. The number of carbonyl (C=O) groups excluding carboxylic acids is 4. The summed E-state index contributed by atoms with van der Waals surface area (Å²) in [6, 6.07) is 33.7. The molecular weight excluding hydrogens is 769 g/mol. The highest BCUT2D eigenvalue weighted by Crippen LogP contribution is 2.28. The van der Waals surface area contributed by atoms with Crippen molar-refractivity contribution in [3.8, 4) is 23.0 Å². The lowest BCUT2D eigenvalue weighted by atomic mass is 10.2. The number of hydrogen-bond donors (Lipinski definition) is 0.